The molecule has 0 radical (unpaired) electrons. The summed E-state index contributed by atoms with van der Waals surface area (Å²) < 4.78 is 13.2. The van der Waals surface area contributed by atoms with Crippen LogP contribution < -0.4 is 5.73 Å². The number of hydrogen-bond acceptors (Lipinski definition) is 2. The maximum Gasteiger partial charge on any atom is 0.222 e. The van der Waals surface area contributed by atoms with Crippen molar-refractivity contribution < 1.29 is 9.18 Å². The molecule has 14 heavy (non-hydrogen) atoms. The van der Waals surface area contributed by atoms with Crippen LogP contribution in [0.25, 0.3) is 0 Å². The Morgan fingerprint density at radius 3 is 2.71 bits per heavy atom. The topological polar surface area (TPSA) is 46.3 Å². The lowest BCUT2D eigenvalue weighted by Gasteiger charge is -2.32. The minimum absolute atomic E-state index is 0.113. The molecule has 1 aliphatic heterocycles. The van der Waals surface area contributed by atoms with E-state index in [0.717, 1.165) is 12.8 Å². The molecule has 1 amide bonds. The van der Waals surface area contributed by atoms with E-state index in [9.17, 15) is 9.18 Å². The normalized spacial score (nSPS) is 33.1. The average Bonchev–Trinajstić information content (AvgIpc) is 2.93. The molecule has 80 valence electrons. The largest absolute Gasteiger partial charge is 0.340 e. The Kier molecular flexibility index (Phi) is 2.72. The van der Waals surface area contributed by atoms with E-state index < -0.39 is 6.17 Å². The number of nitrogens with zero attached hydrogens (tertiary/aromatic N) is 1. The molecular formula is C10H17FN2O. The van der Waals surface area contributed by atoms with Crippen LogP contribution in [-0.4, -0.2) is 36.1 Å². The van der Waals surface area contributed by atoms with Crippen molar-refractivity contribution in [3.05, 3.63) is 0 Å². The molecule has 2 N–H and O–H groups in total. The van der Waals surface area contributed by atoms with Crippen LogP contribution in [0.1, 0.15) is 25.7 Å². The smallest absolute Gasteiger partial charge is 0.222 e. The number of carbonyl (C=O) groups is 1. The van der Waals surface area contributed by atoms with Crippen molar-refractivity contribution in [3.63, 3.8) is 0 Å². The second-order valence-corrected chi connectivity index (χ2v) is 4.46. The van der Waals surface area contributed by atoms with Gasteiger partial charge in [-0.3, -0.25) is 4.79 Å². The number of alkyl halides is 1. The van der Waals surface area contributed by atoms with Crippen LogP contribution in [0.3, 0.4) is 0 Å². The van der Waals surface area contributed by atoms with Crippen LogP contribution in [0.15, 0.2) is 0 Å². The maximum absolute atomic E-state index is 13.2. The summed E-state index contributed by atoms with van der Waals surface area (Å²) in [5.74, 6) is 0.693. The Balaban J connectivity index is 1.82. The van der Waals surface area contributed by atoms with Gasteiger partial charge in [-0.05, 0) is 25.2 Å². The summed E-state index contributed by atoms with van der Waals surface area (Å²) in [7, 11) is 0. The monoisotopic (exact) mass is 200 g/mol. The SMILES string of the molecule is NC1CCN(C(=O)CC2CC2)CC1F. The quantitative estimate of drug-likeness (QED) is 0.712. The number of carbonyl (C=O) groups excluding carboxylic acids is 1. The van der Waals surface area contributed by atoms with Gasteiger partial charge in [0.2, 0.25) is 5.91 Å². The van der Waals surface area contributed by atoms with Gasteiger partial charge >= 0.3 is 0 Å². The molecule has 3 nitrogen and oxygen atoms in total. The molecule has 2 atom stereocenters. The van der Waals surface area contributed by atoms with E-state index in [1.165, 1.54) is 0 Å². The van der Waals surface area contributed by atoms with Gasteiger partial charge in [0.25, 0.3) is 0 Å². The first-order valence-electron chi connectivity index (χ1n) is 5.34. The van der Waals surface area contributed by atoms with Crippen LogP contribution in [-0.2, 0) is 4.79 Å². The fourth-order valence-corrected chi connectivity index (χ4v) is 1.85. The summed E-state index contributed by atoms with van der Waals surface area (Å²) in [5.41, 5.74) is 5.54. The maximum atomic E-state index is 13.2. The molecule has 2 aliphatic rings. The highest BCUT2D eigenvalue weighted by molar-refractivity contribution is 5.76. The molecule has 0 spiro atoms. The standard InChI is InChI=1S/C10H17FN2O/c11-8-6-13(4-3-9(8)12)10(14)5-7-1-2-7/h7-9H,1-6,12H2. The predicted octanol–water partition coefficient (Wildman–Crippen LogP) is 0.684. The molecule has 0 bridgehead atoms. The number of likely N-dealkylation sites (tertiary alicyclic amines) is 1. The molecule has 2 unspecified atom stereocenters. The second kappa shape index (κ2) is 3.85. The third-order valence-corrected chi connectivity index (χ3v) is 3.10. The van der Waals surface area contributed by atoms with Crippen molar-refractivity contribution in [2.45, 2.75) is 37.9 Å². The number of rotatable bonds is 2. The van der Waals surface area contributed by atoms with Crippen LogP contribution in [0.4, 0.5) is 4.39 Å². The van der Waals surface area contributed by atoms with Crippen LogP contribution in [0.5, 0.6) is 0 Å². The Labute approximate surface area is 83.4 Å². The van der Waals surface area contributed by atoms with Gasteiger partial charge in [-0.1, -0.05) is 0 Å². The van der Waals surface area contributed by atoms with E-state index in [0.29, 0.717) is 25.3 Å². The van der Waals surface area contributed by atoms with Crippen molar-refractivity contribution in [1.29, 1.82) is 0 Å². The summed E-state index contributed by atoms with van der Waals surface area (Å²) >= 11 is 0. The molecular weight excluding hydrogens is 183 g/mol. The van der Waals surface area contributed by atoms with Crippen molar-refractivity contribution in [1.82, 2.24) is 4.90 Å². The Hall–Kier alpha value is -0.640. The first-order chi connectivity index (χ1) is 6.66. The van der Waals surface area contributed by atoms with E-state index in [2.05, 4.69) is 0 Å². The summed E-state index contributed by atoms with van der Waals surface area (Å²) in [6.45, 7) is 0.833. The zero-order chi connectivity index (χ0) is 10.1. The Bertz CT molecular complexity index is 230. The van der Waals surface area contributed by atoms with Gasteiger partial charge in [0.1, 0.15) is 6.17 Å². The highest BCUT2D eigenvalue weighted by Crippen LogP contribution is 2.33. The molecule has 0 aromatic heterocycles. The Morgan fingerprint density at radius 1 is 1.43 bits per heavy atom. The van der Waals surface area contributed by atoms with Crippen LogP contribution in [0, 0.1) is 5.92 Å². The molecule has 1 saturated heterocycles. The van der Waals surface area contributed by atoms with Crippen molar-refractivity contribution in [2.75, 3.05) is 13.1 Å². The van der Waals surface area contributed by atoms with Gasteiger partial charge < -0.3 is 10.6 Å². The summed E-state index contributed by atoms with van der Waals surface area (Å²) in [4.78, 5) is 13.3. The lowest BCUT2D eigenvalue weighted by atomic mass is 10.0. The predicted molar refractivity (Wildman–Crippen MR) is 51.4 cm³/mol. The minimum Gasteiger partial charge on any atom is -0.340 e. The number of amides is 1. The van der Waals surface area contributed by atoms with Gasteiger partial charge in [0.15, 0.2) is 0 Å². The zero-order valence-corrected chi connectivity index (χ0v) is 8.29. The zero-order valence-electron chi connectivity index (χ0n) is 8.29. The van der Waals surface area contributed by atoms with Gasteiger partial charge in [0.05, 0.1) is 6.54 Å². The van der Waals surface area contributed by atoms with E-state index in [1.807, 2.05) is 0 Å². The molecule has 4 heteroatoms. The van der Waals surface area contributed by atoms with Crippen molar-refractivity contribution >= 4 is 5.91 Å². The number of hydrogen-bond donors (Lipinski definition) is 1. The lowest BCUT2D eigenvalue weighted by Crippen LogP contribution is -2.50. The number of nitrogens with two attached hydrogens (primary N) is 1. The molecule has 0 aromatic carbocycles. The van der Waals surface area contributed by atoms with Crippen LogP contribution >= 0.6 is 0 Å². The molecule has 1 aliphatic carbocycles. The first kappa shape index (κ1) is 9.90. The third kappa shape index (κ3) is 2.23. The van der Waals surface area contributed by atoms with Gasteiger partial charge in [0, 0.05) is 19.0 Å². The molecule has 2 rings (SSSR count). The Morgan fingerprint density at radius 2 is 2.14 bits per heavy atom. The fourth-order valence-electron chi connectivity index (χ4n) is 1.85. The summed E-state index contributed by atoms with van der Waals surface area (Å²) in [6.07, 6.45) is 2.50. The first-order valence-corrected chi connectivity index (χ1v) is 5.34. The van der Waals surface area contributed by atoms with E-state index in [-0.39, 0.29) is 18.5 Å². The molecule has 0 aromatic rings. The van der Waals surface area contributed by atoms with Crippen LogP contribution in [0.2, 0.25) is 0 Å². The molecule has 1 saturated carbocycles. The molecule has 1 heterocycles. The van der Waals surface area contributed by atoms with E-state index in [1.54, 1.807) is 4.90 Å². The fraction of sp³-hybridized carbons (Fsp3) is 0.900. The lowest BCUT2D eigenvalue weighted by molar-refractivity contribution is -0.133. The van der Waals surface area contributed by atoms with E-state index >= 15 is 0 Å². The van der Waals surface area contributed by atoms with Gasteiger partial charge in [-0.25, -0.2) is 4.39 Å². The highest BCUT2D eigenvalue weighted by atomic mass is 19.1. The van der Waals surface area contributed by atoms with E-state index in [4.69, 9.17) is 5.73 Å². The van der Waals surface area contributed by atoms with Crippen molar-refractivity contribution in [3.8, 4) is 0 Å². The highest BCUT2D eigenvalue weighted by Gasteiger charge is 2.32. The third-order valence-electron chi connectivity index (χ3n) is 3.10. The van der Waals surface area contributed by atoms with Gasteiger partial charge in [-0.15, -0.1) is 0 Å². The van der Waals surface area contributed by atoms with Gasteiger partial charge in [-0.2, -0.15) is 0 Å². The second-order valence-electron chi connectivity index (χ2n) is 4.46. The molecule has 2 fully saturated rings. The van der Waals surface area contributed by atoms with Crippen molar-refractivity contribution in [2.24, 2.45) is 11.7 Å². The minimum atomic E-state index is -1.04. The number of piperidine rings is 1. The summed E-state index contributed by atoms with van der Waals surface area (Å²) in [5, 5.41) is 0. The summed E-state index contributed by atoms with van der Waals surface area (Å²) in [6, 6.07) is -0.375. The average molecular weight is 200 g/mol. The number of halogens is 1.